The third-order valence-electron chi connectivity index (χ3n) is 7.94. The maximum absolute atomic E-state index is 14.1. The van der Waals surface area contributed by atoms with Crippen LogP contribution in [-0.4, -0.2) is 45.0 Å². The van der Waals surface area contributed by atoms with E-state index in [-0.39, 0.29) is 11.4 Å². The van der Waals surface area contributed by atoms with Gasteiger partial charge in [0.15, 0.2) is 0 Å². The molecule has 0 spiro atoms. The molecule has 16 heteroatoms. The van der Waals surface area contributed by atoms with Gasteiger partial charge in [-0.25, -0.2) is 23.8 Å². The van der Waals surface area contributed by atoms with E-state index in [0.717, 1.165) is 13.8 Å². The number of carbonyl (C=O) groups excluding carboxylic acids is 4. The third kappa shape index (κ3) is 8.68. The molecule has 1 fully saturated rings. The first kappa shape index (κ1) is 38.9. The number of benzene rings is 3. The van der Waals surface area contributed by atoms with Crippen LogP contribution in [0, 0.1) is 26.0 Å². The van der Waals surface area contributed by atoms with Crippen LogP contribution in [0.25, 0.3) is 0 Å². The van der Waals surface area contributed by atoms with Crippen LogP contribution in [0.5, 0.6) is 0 Å². The highest BCUT2D eigenvalue weighted by Gasteiger charge is 2.40. The largest absolute Gasteiger partial charge is 0.443 e. The van der Waals surface area contributed by atoms with E-state index in [0.29, 0.717) is 39.5 Å². The lowest BCUT2D eigenvalue weighted by molar-refractivity contribution is -0.384. The van der Waals surface area contributed by atoms with E-state index in [1.54, 1.807) is 41.5 Å². The lowest BCUT2D eigenvalue weighted by Gasteiger charge is -2.33. The van der Waals surface area contributed by atoms with Crippen LogP contribution in [0.1, 0.15) is 91.4 Å². The number of ether oxygens (including phenoxy) is 2. The zero-order valence-corrected chi connectivity index (χ0v) is 30.0. The van der Waals surface area contributed by atoms with Crippen LogP contribution in [0.4, 0.5) is 42.4 Å². The molecule has 2 unspecified atom stereocenters. The van der Waals surface area contributed by atoms with Crippen molar-refractivity contribution in [2.45, 2.75) is 91.5 Å². The molecule has 15 nitrogen and oxygen atoms in total. The standard InChI is InChI=1S/C36H40FN5O10/c1-21(43)38(33(45)51-35(3,4)5)29-15-9-23(19-31(29)41(47)48)27-17-18-28(40(27)26-13-11-25(37)12-14-26)24-10-16-30(32(20-24)42(49)50)39(22(2)44)34(46)52-36(6,7)8/h9-16,19-20,27-28H,17-18H2,1-8H3. The van der Waals surface area contributed by atoms with Gasteiger partial charge in [-0.15, -0.1) is 0 Å². The van der Waals surface area contributed by atoms with Gasteiger partial charge < -0.3 is 14.4 Å². The topological polar surface area (TPSA) is 183 Å². The Morgan fingerprint density at radius 3 is 1.37 bits per heavy atom. The Bertz CT molecular complexity index is 1800. The maximum Gasteiger partial charge on any atom is 0.421 e. The lowest BCUT2D eigenvalue weighted by Crippen LogP contribution is -2.40. The van der Waals surface area contributed by atoms with Gasteiger partial charge in [0.1, 0.15) is 28.4 Å². The summed E-state index contributed by atoms with van der Waals surface area (Å²) in [7, 11) is 0. The van der Waals surface area contributed by atoms with Crippen LogP contribution in [0.2, 0.25) is 0 Å². The number of anilines is 3. The van der Waals surface area contributed by atoms with Gasteiger partial charge in [0.05, 0.1) is 21.9 Å². The zero-order valence-electron chi connectivity index (χ0n) is 30.0. The second-order valence-corrected chi connectivity index (χ2v) is 14.2. The van der Waals surface area contributed by atoms with Crippen LogP contribution in [-0.2, 0) is 19.1 Å². The van der Waals surface area contributed by atoms with E-state index < -0.39 is 74.3 Å². The van der Waals surface area contributed by atoms with Crippen molar-refractivity contribution >= 4 is 52.4 Å². The number of imide groups is 2. The quantitative estimate of drug-likeness (QED) is 0.169. The number of nitrogens with zero attached hydrogens (tertiary/aromatic N) is 5. The maximum atomic E-state index is 14.1. The van der Waals surface area contributed by atoms with Gasteiger partial charge in [0, 0.05) is 31.7 Å². The fraction of sp³-hybridized carbons (Fsp3) is 0.389. The summed E-state index contributed by atoms with van der Waals surface area (Å²) in [6.45, 7) is 11.7. The highest BCUT2D eigenvalue weighted by Crippen LogP contribution is 2.49. The van der Waals surface area contributed by atoms with E-state index in [1.165, 1.54) is 60.7 Å². The first-order chi connectivity index (χ1) is 24.1. The smallest absolute Gasteiger partial charge is 0.421 e. The van der Waals surface area contributed by atoms with E-state index in [2.05, 4.69) is 0 Å². The van der Waals surface area contributed by atoms with E-state index in [1.807, 2.05) is 4.90 Å². The molecule has 0 bridgehead atoms. The minimum absolute atomic E-state index is 0.301. The van der Waals surface area contributed by atoms with Crippen molar-refractivity contribution in [1.82, 2.24) is 0 Å². The fourth-order valence-corrected chi connectivity index (χ4v) is 6.01. The minimum Gasteiger partial charge on any atom is -0.443 e. The molecule has 3 aromatic rings. The highest BCUT2D eigenvalue weighted by atomic mass is 19.1. The molecule has 4 amide bonds. The molecular weight excluding hydrogens is 681 g/mol. The Hall–Kier alpha value is -5.93. The number of hydrogen-bond donors (Lipinski definition) is 0. The van der Waals surface area contributed by atoms with Crippen LogP contribution < -0.4 is 14.7 Å². The first-order valence-electron chi connectivity index (χ1n) is 16.3. The third-order valence-corrected chi connectivity index (χ3v) is 7.94. The second kappa shape index (κ2) is 14.7. The Balaban J connectivity index is 1.83. The average molecular weight is 722 g/mol. The molecule has 0 N–H and O–H groups in total. The number of carbonyl (C=O) groups is 4. The van der Waals surface area contributed by atoms with Crippen molar-refractivity contribution in [3.63, 3.8) is 0 Å². The van der Waals surface area contributed by atoms with Crippen molar-refractivity contribution < 1.29 is 42.9 Å². The minimum atomic E-state index is -1.09. The molecule has 0 saturated carbocycles. The Morgan fingerprint density at radius 1 is 0.692 bits per heavy atom. The number of amides is 4. The molecule has 1 heterocycles. The van der Waals surface area contributed by atoms with Crippen molar-refractivity contribution in [3.05, 3.63) is 97.8 Å². The molecule has 3 aromatic carbocycles. The van der Waals surface area contributed by atoms with Gasteiger partial charge in [-0.3, -0.25) is 29.8 Å². The number of halogens is 1. The predicted molar refractivity (Wildman–Crippen MR) is 189 cm³/mol. The summed E-state index contributed by atoms with van der Waals surface area (Å²) in [4.78, 5) is 77.5. The Labute approximate surface area is 299 Å². The molecule has 0 aliphatic carbocycles. The molecule has 276 valence electrons. The predicted octanol–water partition coefficient (Wildman–Crippen LogP) is 8.30. The van der Waals surface area contributed by atoms with E-state index in [4.69, 9.17) is 9.47 Å². The van der Waals surface area contributed by atoms with Crippen LogP contribution in [0.3, 0.4) is 0 Å². The van der Waals surface area contributed by atoms with Gasteiger partial charge in [-0.05, 0) is 102 Å². The molecular formula is C36H40FN5O10. The summed E-state index contributed by atoms with van der Waals surface area (Å²) in [6, 6.07) is 12.4. The Kier molecular flexibility index (Phi) is 11.0. The van der Waals surface area contributed by atoms with Crippen molar-refractivity contribution in [2.24, 2.45) is 0 Å². The molecule has 52 heavy (non-hydrogen) atoms. The first-order valence-corrected chi connectivity index (χ1v) is 16.3. The number of nitro groups is 2. The van der Waals surface area contributed by atoms with Crippen molar-refractivity contribution in [3.8, 4) is 0 Å². The SMILES string of the molecule is CC(=O)N(C(=O)OC(C)(C)C)c1ccc(C2CCC(c3ccc(N(C(C)=O)C(=O)OC(C)(C)C)c([N+](=O)[O-])c3)N2c2ccc(F)cc2)cc1[N+](=O)[O-]. The summed E-state index contributed by atoms with van der Waals surface area (Å²) in [5, 5.41) is 24.8. The second-order valence-electron chi connectivity index (χ2n) is 14.2. The molecule has 0 radical (unpaired) electrons. The molecule has 2 atom stereocenters. The average Bonchev–Trinajstić information content (AvgIpc) is 3.45. The summed E-state index contributed by atoms with van der Waals surface area (Å²) < 4.78 is 24.8. The Morgan fingerprint density at radius 2 is 1.06 bits per heavy atom. The van der Waals surface area contributed by atoms with Crippen LogP contribution in [0.15, 0.2) is 60.7 Å². The molecule has 1 aliphatic rings. The molecule has 1 aliphatic heterocycles. The molecule has 1 saturated heterocycles. The number of hydrogen-bond acceptors (Lipinski definition) is 11. The molecule has 4 rings (SSSR count). The van der Waals surface area contributed by atoms with Gasteiger partial charge in [-0.1, -0.05) is 12.1 Å². The summed E-state index contributed by atoms with van der Waals surface area (Å²) in [5.41, 5.74) is -2.38. The number of nitro benzene ring substituents is 2. The normalized spacial score (nSPS) is 15.8. The molecule has 0 aromatic heterocycles. The van der Waals surface area contributed by atoms with E-state index >= 15 is 0 Å². The highest BCUT2D eigenvalue weighted by molar-refractivity contribution is 6.13. The van der Waals surface area contributed by atoms with Gasteiger partial charge >= 0.3 is 12.2 Å². The zero-order chi connectivity index (χ0) is 38.9. The summed E-state index contributed by atoms with van der Waals surface area (Å²) in [6.07, 6.45) is -1.45. The van der Waals surface area contributed by atoms with Gasteiger partial charge in [0.2, 0.25) is 11.8 Å². The van der Waals surface area contributed by atoms with Crippen molar-refractivity contribution in [2.75, 3.05) is 14.7 Å². The summed E-state index contributed by atoms with van der Waals surface area (Å²) in [5.74, 6) is -2.13. The van der Waals surface area contributed by atoms with Gasteiger partial charge in [-0.2, -0.15) is 0 Å². The van der Waals surface area contributed by atoms with Crippen molar-refractivity contribution in [1.29, 1.82) is 0 Å². The van der Waals surface area contributed by atoms with Crippen LogP contribution >= 0.6 is 0 Å². The fourth-order valence-electron chi connectivity index (χ4n) is 6.01. The van der Waals surface area contributed by atoms with E-state index in [9.17, 15) is 43.8 Å². The lowest BCUT2D eigenvalue weighted by atomic mass is 10.0. The number of rotatable bonds is 7. The monoisotopic (exact) mass is 721 g/mol. The van der Waals surface area contributed by atoms with Gasteiger partial charge in [0.25, 0.3) is 11.4 Å². The summed E-state index contributed by atoms with van der Waals surface area (Å²) >= 11 is 0.